The monoisotopic (exact) mass is 578 g/mol. The van der Waals surface area contributed by atoms with Gasteiger partial charge in [-0.05, 0) is 74.1 Å². The molecular formula is C28H29F7O5. The molecule has 5 nitrogen and oxygen atoms in total. The molecule has 2 aromatic carbocycles. The zero-order chi connectivity index (χ0) is 30.3. The van der Waals surface area contributed by atoms with Gasteiger partial charge in [0.2, 0.25) is 0 Å². The van der Waals surface area contributed by atoms with Crippen LogP contribution >= 0.6 is 0 Å². The maximum Gasteiger partial charge on any atom is 0.416 e. The van der Waals surface area contributed by atoms with Crippen LogP contribution in [0.4, 0.5) is 30.7 Å². The van der Waals surface area contributed by atoms with Crippen molar-refractivity contribution >= 4 is 11.9 Å². The second-order valence-corrected chi connectivity index (χ2v) is 10.1. The van der Waals surface area contributed by atoms with Gasteiger partial charge in [0.25, 0.3) is 0 Å². The molecule has 1 aliphatic rings. The number of hydrogen-bond acceptors (Lipinski definition) is 3. The van der Waals surface area contributed by atoms with Gasteiger partial charge in [-0.2, -0.15) is 26.3 Å². The number of carbonyl (C=O) groups is 2. The third kappa shape index (κ3) is 5.42. The quantitative estimate of drug-likeness (QED) is 0.312. The summed E-state index contributed by atoms with van der Waals surface area (Å²) in [4.78, 5) is 25.7. The van der Waals surface area contributed by atoms with Gasteiger partial charge in [-0.3, -0.25) is 9.59 Å². The molecule has 5 atom stereocenters. The number of benzene rings is 2. The van der Waals surface area contributed by atoms with E-state index in [-0.39, 0.29) is 37.3 Å². The van der Waals surface area contributed by atoms with Gasteiger partial charge in [-0.25, -0.2) is 4.39 Å². The van der Waals surface area contributed by atoms with Gasteiger partial charge >= 0.3 is 24.3 Å². The van der Waals surface area contributed by atoms with E-state index in [1.807, 2.05) is 0 Å². The van der Waals surface area contributed by atoms with Crippen LogP contribution in [0.25, 0.3) is 0 Å². The molecule has 40 heavy (non-hydrogen) atoms. The van der Waals surface area contributed by atoms with Gasteiger partial charge in [0.15, 0.2) is 0 Å². The third-order valence-corrected chi connectivity index (χ3v) is 8.25. The molecule has 0 radical (unpaired) electrons. The molecule has 0 amide bonds. The summed E-state index contributed by atoms with van der Waals surface area (Å²) in [5.41, 5.74) is -7.06. The Bertz CT molecular complexity index is 1210. The minimum Gasteiger partial charge on any atom is -0.481 e. The summed E-state index contributed by atoms with van der Waals surface area (Å²) in [6.45, 7) is 4.27. The molecule has 2 aromatic rings. The van der Waals surface area contributed by atoms with Crippen LogP contribution in [0, 0.1) is 16.6 Å². The summed E-state index contributed by atoms with van der Waals surface area (Å²) in [6.07, 6.45) is -13.2. The molecule has 1 aliphatic carbocycles. The number of rotatable bonds is 8. The minimum atomic E-state index is -5.08. The number of aliphatic carboxylic acids is 2. The van der Waals surface area contributed by atoms with Gasteiger partial charge in [-0.1, -0.05) is 26.0 Å². The average Bonchev–Trinajstić information content (AvgIpc) is 2.87. The molecule has 0 aliphatic heterocycles. The maximum absolute atomic E-state index is 13.8. The Kier molecular flexibility index (Phi) is 8.65. The van der Waals surface area contributed by atoms with Crippen molar-refractivity contribution in [1.29, 1.82) is 0 Å². The van der Waals surface area contributed by atoms with Gasteiger partial charge in [0, 0.05) is 5.92 Å². The first-order chi connectivity index (χ1) is 18.4. The second kappa shape index (κ2) is 11.0. The largest absolute Gasteiger partial charge is 0.481 e. The highest BCUT2D eigenvalue weighted by Gasteiger charge is 2.67. The Morgan fingerprint density at radius 1 is 0.925 bits per heavy atom. The molecule has 1 fully saturated rings. The predicted octanol–water partition coefficient (Wildman–Crippen LogP) is 7.85. The van der Waals surface area contributed by atoms with Crippen molar-refractivity contribution in [3.05, 3.63) is 70.5 Å². The van der Waals surface area contributed by atoms with Crippen LogP contribution in [0.2, 0.25) is 0 Å². The van der Waals surface area contributed by atoms with E-state index in [1.165, 1.54) is 32.9 Å². The molecule has 0 bridgehead atoms. The van der Waals surface area contributed by atoms with E-state index in [4.69, 9.17) is 4.74 Å². The van der Waals surface area contributed by atoms with Crippen molar-refractivity contribution in [2.45, 2.75) is 76.9 Å². The minimum absolute atomic E-state index is 0.00680. The smallest absolute Gasteiger partial charge is 0.416 e. The first-order valence-corrected chi connectivity index (χ1v) is 12.6. The van der Waals surface area contributed by atoms with Crippen LogP contribution in [0.3, 0.4) is 0 Å². The second-order valence-electron chi connectivity index (χ2n) is 10.1. The van der Waals surface area contributed by atoms with Crippen molar-refractivity contribution in [1.82, 2.24) is 0 Å². The third-order valence-electron chi connectivity index (χ3n) is 8.25. The summed E-state index contributed by atoms with van der Waals surface area (Å²) < 4.78 is 101. The molecule has 0 aromatic heterocycles. The highest BCUT2D eigenvalue weighted by Crippen LogP contribution is 2.62. The SMILES string of the molecule is CC[C@]1(C(=O)O)CC[C@H](O[C@H](C)c2cc(C(F)(F)F)cc(C(F)(F)F)c2)[C@H](c2ccc(F)cc2)[C@]1(CC)C(=O)O. The van der Waals surface area contributed by atoms with Crippen LogP contribution in [0.15, 0.2) is 42.5 Å². The van der Waals surface area contributed by atoms with Gasteiger partial charge in [0.1, 0.15) is 5.82 Å². The number of carboxylic acid groups (broad SMARTS) is 2. The summed E-state index contributed by atoms with van der Waals surface area (Å²) in [6, 6.07) is 5.75. The van der Waals surface area contributed by atoms with Crippen LogP contribution < -0.4 is 0 Å². The van der Waals surface area contributed by atoms with E-state index in [2.05, 4.69) is 0 Å². The lowest BCUT2D eigenvalue weighted by Crippen LogP contribution is -2.61. The van der Waals surface area contributed by atoms with Crippen LogP contribution in [-0.2, 0) is 26.7 Å². The molecule has 3 rings (SSSR count). The lowest BCUT2D eigenvalue weighted by molar-refractivity contribution is -0.196. The fraction of sp³-hybridized carbons (Fsp3) is 0.500. The van der Waals surface area contributed by atoms with E-state index < -0.39 is 75.8 Å². The van der Waals surface area contributed by atoms with Gasteiger partial charge in [-0.15, -0.1) is 0 Å². The van der Waals surface area contributed by atoms with Gasteiger partial charge in [0.05, 0.1) is 34.2 Å². The fourth-order valence-corrected chi connectivity index (χ4v) is 6.25. The Hall–Kier alpha value is -3.15. The molecular weight excluding hydrogens is 549 g/mol. The lowest BCUT2D eigenvalue weighted by Gasteiger charge is -2.55. The molecule has 1 saturated carbocycles. The van der Waals surface area contributed by atoms with E-state index >= 15 is 0 Å². The fourth-order valence-electron chi connectivity index (χ4n) is 6.25. The number of alkyl halides is 6. The Morgan fingerprint density at radius 2 is 1.45 bits per heavy atom. The van der Waals surface area contributed by atoms with Crippen molar-refractivity contribution in [3.8, 4) is 0 Å². The Labute approximate surface area is 226 Å². The Morgan fingerprint density at radius 3 is 1.85 bits per heavy atom. The topological polar surface area (TPSA) is 83.8 Å². The summed E-state index contributed by atoms with van der Waals surface area (Å²) in [5.74, 6) is -4.68. The molecule has 12 heteroatoms. The van der Waals surface area contributed by atoms with E-state index in [0.717, 1.165) is 12.1 Å². The molecule has 220 valence electrons. The molecule has 2 N–H and O–H groups in total. The Balaban J connectivity index is 2.19. The summed E-state index contributed by atoms with van der Waals surface area (Å²) in [7, 11) is 0. The zero-order valence-electron chi connectivity index (χ0n) is 21.9. The highest BCUT2D eigenvalue weighted by molar-refractivity contribution is 5.88. The number of carboxylic acids is 2. The summed E-state index contributed by atoms with van der Waals surface area (Å²) >= 11 is 0. The maximum atomic E-state index is 13.8. The van der Waals surface area contributed by atoms with E-state index in [9.17, 15) is 50.5 Å². The summed E-state index contributed by atoms with van der Waals surface area (Å²) in [5, 5.41) is 20.9. The van der Waals surface area contributed by atoms with Crippen molar-refractivity contribution in [2.24, 2.45) is 10.8 Å². The van der Waals surface area contributed by atoms with Crippen LogP contribution in [-0.4, -0.2) is 28.3 Å². The van der Waals surface area contributed by atoms with Crippen molar-refractivity contribution in [2.75, 3.05) is 0 Å². The average molecular weight is 579 g/mol. The van der Waals surface area contributed by atoms with E-state index in [1.54, 1.807) is 0 Å². The van der Waals surface area contributed by atoms with E-state index in [0.29, 0.717) is 12.1 Å². The normalized spacial score (nSPS) is 26.4. The molecule has 0 unspecified atom stereocenters. The van der Waals surface area contributed by atoms with Crippen molar-refractivity contribution in [3.63, 3.8) is 0 Å². The first kappa shape index (κ1) is 31.4. The first-order valence-electron chi connectivity index (χ1n) is 12.6. The number of hydrogen-bond donors (Lipinski definition) is 2. The van der Waals surface area contributed by atoms with Crippen LogP contribution in [0.1, 0.15) is 80.7 Å². The number of ether oxygens (including phenoxy) is 1. The zero-order valence-corrected chi connectivity index (χ0v) is 21.9. The molecule has 0 saturated heterocycles. The predicted molar refractivity (Wildman–Crippen MR) is 129 cm³/mol. The van der Waals surface area contributed by atoms with Crippen molar-refractivity contribution < 1.29 is 55.3 Å². The van der Waals surface area contributed by atoms with Crippen LogP contribution in [0.5, 0.6) is 0 Å². The number of halogens is 7. The molecule has 0 spiro atoms. The lowest BCUT2D eigenvalue weighted by atomic mass is 9.47. The molecule has 0 heterocycles. The van der Waals surface area contributed by atoms with Gasteiger partial charge < -0.3 is 14.9 Å². The standard InChI is InChI=1S/C28H29F7O5/c1-4-25(23(36)37)11-10-21(22(26(25,5-2)24(38)39)16-6-8-20(29)9-7-16)40-15(3)17-12-18(27(30,31)32)14-19(13-17)28(33,34)35/h6-9,12-15,21-22H,4-5,10-11H2,1-3H3,(H,36,37)(H,38,39)/t15-,21+,22+,25-,26-/m1/s1. The highest BCUT2D eigenvalue weighted by atomic mass is 19.4.